The van der Waals surface area contributed by atoms with Gasteiger partial charge in [-0.1, -0.05) is 18.6 Å². The Bertz CT molecular complexity index is 183. The first-order chi connectivity index (χ1) is 5.93. The van der Waals surface area contributed by atoms with Gasteiger partial charge in [-0.2, -0.15) is 0 Å². The topological polar surface area (TPSA) is 42.7 Å². The molecule has 0 atom stereocenters. The molecule has 0 aromatic carbocycles. The molecule has 1 aromatic rings. The predicted octanol–water partition coefficient (Wildman–Crippen LogP) is 0.668. The number of unbranched alkanes of at least 4 members (excludes halogenated alkanes) is 1. The molecule has 0 bridgehead atoms. The molecule has 1 heterocycles. The molecule has 1 N–H and O–H groups in total. The highest BCUT2D eigenvalue weighted by atomic mass is 15.4. The van der Waals surface area contributed by atoms with Crippen molar-refractivity contribution in [2.24, 2.45) is 0 Å². The summed E-state index contributed by atoms with van der Waals surface area (Å²) in [6.07, 6.45) is 6.07. The van der Waals surface area contributed by atoms with Crippen molar-refractivity contribution in [2.75, 3.05) is 13.1 Å². The van der Waals surface area contributed by atoms with Gasteiger partial charge in [0.2, 0.25) is 0 Å². The molecule has 0 radical (unpaired) electrons. The molecule has 12 heavy (non-hydrogen) atoms. The fourth-order valence-corrected chi connectivity index (χ4v) is 0.972. The van der Waals surface area contributed by atoms with Crippen molar-refractivity contribution >= 4 is 0 Å². The lowest BCUT2D eigenvalue weighted by molar-refractivity contribution is 0.533. The van der Waals surface area contributed by atoms with Crippen LogP contribution in [0.3, 0.4) is 0 Å². The lowest BCUT2D eigenvalue weighted by Gasteiger charge is -2.02. The monoisotopic (exact) mass is 168 g/mol. The summed E-state index contributed by atoms with van der Waals surface area (Å²) in [6, 6.07) is 0. The maximum Gasteiger partial charge on any atom is 0.0692 e. The zero-order valence-corrected chi connectivity index (χ0v) is 7.53. The minimum absolute atomic E-state index is 0.906. The second kappa shape index (κ2) is 5.71. The third-order valence-corrected chi connectivity index (χ3v) is 1.70. The molecule has 0 aliphatic carbocycles. The van der Waals surface area contributed by atoms with Gasteiger partial charge in [0.05, 0.1) is 12.7 Å². The van der Waals surface area contributed by atoms with E-state index in [0.29, 0.717) is 0 Å². The van der Waals surface area contributed by atoms with Crippen LogP contribution < -0.4 is 5.32 Å². The third kappa shape index (κ3) is 3.48. The standard InChI is InChI=1S/C8H16N4/c1-2-3-4-9-5-7-12-8-6-10-11-12/h6,8-9H,2-5,7H2,1H3. The van der Waals surface area contributed by atoms with Crippen LogP contribution in [0.2, 0.25) is 0 Å². The van der Waals surface area contributed by atoms with Crippen LogP contribution in [0.5, 0.6) is 0 Å². The molecule has 0 saturated heterocycles. The maximum atomic E-state index is 3.86. The molecule has 0 aliphatic heterocycles. The van der Waals surface area contributed by atoms with Crippen LogP contribution in [0, 0.1) is 0 Å². The van der Waals surface area contributed by atoms with Gasteiger partial charge in [-0.3, -0.25) is 4.68 Å². The zero-order chi connectivity index (χ0) is 8.65. The van der Waals surface area contributed by atoms with Crippen LogP contribution in [0.25, 0.3) is 0 Å². The molecular formula is C8H16N4. The van der Waals surface area contributed by atoms with E-state index >= 15 is 0 Å². The van der Waals surface area contributed by atoms with Crippen molar-refractivity contribution in [3.05, 3.63) is 12.4 Å². The molecule has 4 heteroatoms. The van der Waals surface area contributed by atoms with Gasteiger partial charge < -0.3 is 5.32 Å². The Morgan fingerprint density at radius 3 is 3.00 bits per heavy atom. The lowest BCUT2D eigenvalue weighted by atomic mass is 10.3. The third-order valence-electron chi connectivity index (χ3n) is 1.70. The Morgan fingerprint density at radius 2 is 2.33 bits per heavy atom. The Morgan fingerprint density at radius 1 is 1.42 bits per heavy atom. The van der Waals surface area contributed by atoms with E-state index in [1.165, 1.54) is 12.8 Å². The van der Waals surface area contributed by atoms with E-state index < -0.39 is 0 Å². The Labute approximate surface area is 73.0 Å². The molecule has 0 fully saturated rings. The SMILES string of the molecule is CCCCNCCn1ccnn1. The summed E-state index contributed by atoms with van der Waals surface area (Å²) in [5, 5.41) is 10.9. The van der Waals surface area contributed by atoms with Crippen molar-refractivity contribution in [2.45, 2.75) is 26.3 Å². The van der Waals surface area contributed by atoms with Gasteiger partial charge in [-0.05, 0) is 13.0 Å². The molecule has 4 nitrogen and oxygen atoms in total. The molecule has 0 unspecified atom stereocenters. The van der Waals surface area contributed by atoms with Crippen LogP contribution in [0.15, 0.2) is 12.4 Å². The van der Waals surface area contributed by atoms with E-state index in [2.05, 4.69) is 22.6 Å². The fraction of sp³-hybridized carbons (Fsp3) is 0.750. The molecule has 0 aliphatic rings. The minimum atomic E-state index is 0.906. The Balaban J connectivity index is 1.96. The van der Waals surface area contributed by atoms with Crippen LogP contribution in [-0.4, -0.2) is 28.1 Å². The minimum Gasteiger partial charge on any atom is -0.315 e. The quantitative estimate of drug-likeness (QED) is 0.635. The first kappa shape index (κ1) is 9.19. The predicted molar refractivity (Wildman–Crippen MR) is 47.8 cm³/mol. The van der Waals surface area contributed by atoms with Gasteiger partial charge in [0.15, 0.2) is 0 Å². The molecule has 1 aromatic heterocycles. The highest BCUT2D eigenvalue weighted by molar-refractivity contribution is 4.64. The maximum absolute atomic E-state index is 3.86. The summed E-state index contributed by atoms with van der Waals surface area (Å²) in [4.78, 5) is 0. The average Bonchev–Trinajstić information content (AvgIpc) is 2.57. The number of aromatic nitrogens is 3. The molecule has 1 rings (SSSR count). The van der Waals surface area contributed by atoms with Crippen molar-refractivity contribution in [3.63, 3.8) is 0 Å². The van der Waals surface area contributed by atoms with E-state index in [0.717, 1.165) is 19.6 Å². The molecule has 68 valence electrons. The van der Waals surface area contributed by atoms with E-state index in [1.807, 2.05) is 10.9 Å². The molecular weight excluding hydrogens is 152 g/mol. The Hall–Kier alpha value is -0.900. The summed E-state index contributed by atoms with van der Waals surface area (Å²) in [6.45, 7) is 5.18. The van der Waals surface area contributed by atoms with Crippen molar-refractivity contribution in [1.29, 1.82) is 0 Å². The summed E-state index contributed by atoms with van der Waals surface area (Å²) < 4.78 is 1.83. The van der Waals surface area contributed by atoms with E-state index in [9.17, 15) is 0 Å². The summed E-state index contributed by atoms with van der Waals surface area (Å²) in [5.74, 6) is 0. The van der Waals surface area contributed by atoms with Gasteiger partial charge in [0.1, 0.15) is 0 Å². The fourth-order valence-electron chi connectivity index (χ4n) is 0.972. The lowest BCUT2D eigenvalue weighted by Crippen LogP contribution is -2.21. The Kier molecular flexibility index (Phi) is 4.37. The highest BCUT2D eigenvalue weighted by Crippen LogP contribution is 1.83. The van der Waals surface area contributed by atoms with E-state index in [4.69, 9.17) is 0 Å². The second-order valence-electron chi connectivity index (χ2n) is 2.77. The normalized spacial score (nSPS) is 10.4. The summed E-state index contributed by atoms with van der Waals surface area (Å²) in [7, 11) is 0. The van der Waals surface area contributed by atoms with E-state index in [1.54, 1.807) is 6.20 Å². The number of nitrogens with zero attached hydrogens (tertiary/aromatic N) is 3. The van der Waals surface area contributed by atoms with Crippen LogP contribution >= 0.6 is 0 Å². The number of nitrogens with one attached hydrogen (secondary N) is 1. The summed E-state index contributed by atoms with van der Waals surface area (Å²) in [5.41, 5.74) is 0. The van der Waals surface area contributed by atoms with Crippen molar-refractivity contribution in [1.82, 2.24) is 20.3 Å². The van der Waals surface area contributed by atoms with E-state index in [-0.39, 0.29) is 0 Å². The van der Waals surface area contributed by atoms with Gasteiger partial charge in [-0.25, -0.2) is 0 Å². The number of hydrogen-bond acceptors (Lipinski definition) is 3. The number of hydrogen-bond donors (Lipinski definition) is 1. The number of rotatable bonds is 6. The van der Waals surface area contributed by atoms with Crippen molar-refractivity contribution in [3.8, 4) is 0 Å². The van der Waals surface area contributed by atoms with Gasteiger partial charge in [-0.15, -0.1) is 5.10 Å². The molecule has 0 saturated carbocycles. The highest BCUT2D eigenvalue weighted by Gasteiger charge is 1.89. The molecule has 0 spiro atoms. The average molecular weight is 168 g/mol. The second-order valence-corrected chi connectivity index (χ2v) is 2.77. The first-order valence-electron chi connectivity index (χ1n) is 4.48. The van der Waals surface area contributed by atoms with Gasteiger partial charge >= 0.3 is 0 Å². The van der Waals surface area contributed by atoms with Gasteiger partial charge in [0, 0.05) is 12.7 Å². The van der Waals surface area contributed by atoms with Crippen LogP contribution in [0.4, 0.5) is 0 Å². The zero-order valence-electron chi connectivity index (χ0n) is 7.53. The first-order valence-corrected chi connectivity index (χ1v) is 4.48. The van der Waals surface area contributed by atoms with Crippen molar-refractivity contribution < 1.29 is 0 Å². The van der Waals surface area contributed by atoms with Gasteiger partial charge in [0.25, 0.3) is 0 Å². The summed E-state index contributed by atoms with van der Waals surface area (Å²) >= 11 is 0. The smallest absolute Gasteiger partial charge is 0.0692 e. The molecule has 0 amide bonds. The van der Waals surface area contributed by atoms with Crippen LogP contribution in [-0.2, 0) is 6.54 Å². The van der Waals surface area contributed by atoms with Crippen LogP contribution in [0.1, 0.15) is 19.8 Å². The largest absolute Gasteiger partial charge is 0.315 e.